The molecule has 0 saturated heterocycles. The second-order valence-electron chi connectivity index (χ2n) is 3.09. The molecule has 0 rings (SSSR count). The molecule has 0 saturated carbocycles. The Morgan fingerprint density at radius 1 is 1.15 bits per heavy atom. The largest absolute Gasteiger partial charge is 0.494 e. The Labute approximate surface area is 95.9 Å². The van der Waals surface area contributed by atoms with E-state index in [0.29, 0.717) is 0 Å². The van der Waals surface area contributed by atoms with Gasteiger partial charge in [-0.05, 0) is 12.8 Å². The fourth-order valence-electron chi connectivity index (χ4n) is 1.16. The first-order valence-electron chi connectivity index (χ1n) is 4.74. The average molecular weight is 264 g/mol. The molecule has 0 aliphatic carbocycles. The van der Waals surface area contributed by atoms with Gasteiger partial charge < -0.3 is 4.43 Å². The molecule has 1 unspecified atom stereocenters. The predicted octanol–water partition coefficient (Wildman–Crippen LogP) is 4.51. The van der Waals surface area contributed by atoms with E-state index in [0.717, 1.165) is 19.3 Å². The fraction of sp³-hybridized carbons (Fsp3) is 1.00. The summed E-state index contributed by atoms with van der Waals surface area (Å²) in [5, 5.41) is 0. The summed E-state index contributed by atoms with van der Waals surface area (Å²) in [5.41, 5.74) is 0. The third-order valence-electron chi connectivity index (χ3n) is 1.89. The van der Waals surface area contributed by atoms with E-state index in [1.807, 2.05) is 0 Å². The first-order valence-corrected chi connectivity index (χ1v) is 9.68. The van der Waals surface area contributed by atoms with Gasteiger partial charge in [-0.15, -0.1) is 0 Å². The molecule has 80 valence electrons. The number of hydrogen-bond acceptors (Lipinski definition) is 1. The van der Waals surface area contributed by atoms with Gasteiger partial charge in [-0.1, -0.05) is 66.3 Å². The van der Waals surface area contributed by atoms with Crippen molar-refractivity contribution in [2.75, 3.05) is 0 Å². The Balaban J connectivity index is 3.63. The molecule has 0 aromatic rings. The minimum absolute atomic E-state index is 0.130. The standard InChI is InChI=1S/C8H17Cl3OSi/c1-3-5-6-7-8(4-2)12-13(9,10)11/h8H,3-7H2,1-2H3. The Bertz CT molecular complexity index is 127. The topological polar surface area (TPSA) is 9.23 Å². The zero-order chi connectivity index (χ0) is 10.3. The van der Waals surface area contributed by atoms with E-state index in [4.69, 9.17) is 37.7 Å². The van der Waals surface area contributed by atoms with Crippen LogP contribution in [0, 0.1) is 0 Å². The Hall–Kier alpha value is 1.05. The van der Waals surface area contributed by atoms with Crippen LogP contribution in [0.4, 0.5) is 0 Å². The highest BCUT2D eigenvalue weighted by Gasteiger charge is 2.30. The van der Waals surface area contributed by atoms with Crippen molar-refractivity contribution in [2.45, 2.75) is 52.1 Å². The zero-order valence-electron chi connectivity index (χ0n) is 8.16. The van der Waals surface area contributed by atoms with Gasteiger partial charge in [-0.3, -0.25) is 0 Å². The van der Waals surface area contributed by atoms with Gasteiger partial charge in [0.25, 0.3) is 0 Å². The van der Waals surface area contributed by atoms with Gasteiger partial charge in [0.1, 0.15) is 0 Å². The van der Waals surface area contributed by atoms with Crippen molar-refractivity contribution in [2.24, 2.45) is 0 Å². The second kappa shape index (κ2) is 7.35. The van der Waals surface area contributed by atoms with Crippen molar-refractivity contribution in [1.29, 1.82) is 0 Å². The minimum atomic E-state index is -2.88. The number of halogens is 3. The summed E-state index contributed by atoms with van der Waals surface area (Å²) in [6, 6.07) is 0. The second-order valence-corrected chi connectivity index (χ2v) is 10.7. The van der Waals surface area contributed by atoms with Gasteiger partial charge in [0.15, 0.2) is 0 Å². The van der Waals surface area contributed by atoms with Crippen LogP contribution in [-0.2, 0) is 4.43 Å². The summed E-state index contributed by atoms with van der Waals surface area (Å²) in [7, 11) is 0. The maximum atomic E-state index is 5.67. The lowest BCUT2D eigenvalue weighted by molar-refractivity contribution is 0.191. The maximum Gasteiger partial charge on any atom is 0.494 e. The molecule has 0 N–H and O–H groups in total. The van der Waals surface area contributed by atoms with Gasteiger partial charge >= 0.3 is 6.25 Å². The monoisotopic (exact) mass is 262 g/mol. The van der Waals surface area contributed by atoms with Crippen LogP contribution in [0.1, 0.15) is 46.0 Å². The maximum absolute atomic E-state index is 5.67. The van der Waals surface area contributed by atoms with Crippen molar-refractivity contribution in [1.82, 2.24) is 0 Å². The minimum Gasteiger partial charge on any atom is -0.378 e. The van der Waals surface area contributed by atoms with E-state index < -0.39 is 6.25 Å². The Morgan fingerprint density at radius 2 is 1.77 bits per heavy atom. The summed E-state index contributed by atoms with van der Waals surface area (Å²) < 4.78 is 5.37. The van der Waals surface area contributed by atoms with Crippen molar-refractivity contribution in [3.63, 3.8) is 0 Å². The lowest BCUT2D eigenvalue weighted by Crippen LogP contribution is -2.25. The molecule has 0 bridgehead atoms. The number of unbranched alkanes of at least 4 members (excludes halogenated alkanes) is 2. The number of hydrogen-bond donors (Lipinski definition) is 0. The Kier molecular flexibility index (Phi) is 7.95. The van der Waals surface area contributed by atoms with Crippen LogP contribution in [0.15, 0.2) is 0 Å². The van der Waals surface area contributed by atoms with E-state index in [2.05, 4.69) is 13.8 Å². The highest BCUT2D eigenvalue weighted by Crippen LogP contribution is 2.25. The molecular formula is C8H17Cl3OSi. The molecule has 0 amide bonds. The summed E-state index contributed by atoms with van der Waals surface area (Å²) in [6.07, 6.45) is 2.76. The molecule has 0 aliphatic heterocycles. The van der Waals surface area contributed by atoms with E-state index in [1.165, 1.54) is 12.8 Å². The third kappa shape index (κ3) is 9.35. The van der Waals surface area contributed by atoms with Crippen molar-refractivity contribution >= 4 is 39.5 Å². The smallest absolute Gasteiger partial charge is 0.378 e. The highest BCUT2D eigenvalue weighted by molar-refractivity contribution is 7.62. The predicted molar refractivity (Wildman–Crippen MR) is 62.6 cm³/mol. The highest BCUT2D eigenvalue weighted by atomic mass is 35.8. The van der Waals surface area contributed by atoms with Crippen LogP contribution in [0.2, 0.25) is 0 Å². The molecule has 0 radical (unpaired) electrons. The molecule has 1 atom stereocenters. The quantitative estimate of drug-likeness (QED) is 0.373. The molecule has 0 spiro atoms. The normalized spacial score (nSPS) is 14.5. The molecule has 5 heteroatoms. The molecule has 0 aromatic carbocycles. The van der Waals surface area contributed by atoms with Crippen molar-refractivity contribution < 1.29 is 4.43 Å². The summed E-state index contributed by atoms with van der Waals surface area (Å²) in [6.45, 7) is 4.23. The lowest BCUT2D eigenvalue weighted by Gasteiger charge is -2.19. The van der Waals surface area contributed by atoms with Gasteiger partial charge in [0.05, 0.1) is 0 Å². The van der Waals surface area contributed by atoms with Crippen LogP contribution in [-0.4, -0.2) is 12.4 Å². The van der Waals surface area contributed by atoms with Crippen molar-refractivity contribution in [3.8, 4) is 0 Å². The van der Waals surface area contributed by atoms with E-state index in [-0.39, 0.29) is 6.10 Å². The summed E-state index contributed by atoms with van der Waals surface area (Å²) >= 11 is 17.0. The van der Waals surface area contributed by atoms with Crippen LogP contribution in [0.5, 0.6) is 0 Å². The van der Waals surface area contributed by atoms with E-state index in [9.17, 15) is 0 Å². The molecule has 0 aliphatic rings. The van der Waals surface area contributed by atoms with Gasteiger partial charge in [0, 0.05) is 6.10 Å². The zero-order valence-corrected chi connectivity index (χ0v) is 11.4. The van der Waals surface area contributed by atoms with Crippen LogP contribution < -0.4 is 0 Å². The molecule has 0 fully saturated rings. The van der Waals surface area contributed by atoms with Crippen LogP contribution >= 0.6 is 33.2 Å². The Morgan fingerprint density at radius 3 is 2.15 bits per heavy atom. The first kappa shape index (κ1) is 14.0. The third-order valence-corrected chi connectivity index (χ3v) is 3.29. The van der Waals surface area contributed by atoms with Gasteiger partial charge in [-0.2, -0.15) is 0 Å². The number of rotatable bonds is 7. The fourth-order valence-corrected chi connectivity index (χ4v) is 2.95. The molecule has 13 heavy (non-hydrogen) atoms. The average Bonchev–Trinajstić information content (AvgIpc) is 2.01. The molecular weight excluding hydrogens is 247 g/mol. The van der Waals surface area contributed by atoms with E-state index >= 15 is 0 Å². The lowest BCUT2D eigenvalue weighted by atomic mass is 10.1. The van der Waals surface area contributed by atoms with Gasteiger partial charge in [-0.25, -0.2) is 0 Å². The molecule has 1 nitrogen and oxygen atoms in total. The molecule has 0 aromatic heterocycles. The van der Waals surface area contributed by atoms with Gasteiger partial charge in [0.2, 0.25) is 0 Å². The molecule has 0 heterocycles. The van der Waals surface area contributed by atoms with Crippen LogP contribution in [0.3, 0.4) is 0 Å². The first-order chi connectivity index (χ1) is 5.99. The van der Waals surface area contributed by atoms with E-state index in [1.54, 1.807) is 0 Å². The van der Waals surface area contributed by atoms with Crippen LogP contribution in [0.25, 0.3) is 0 Å². The SMILES string of the molecule is CCCCCC(CC)O[Si](Cl)(Cl)Cl. The summed E-state index contributed by atoms with van der Waals surface area (Å²) in [4.78, 5) is 0. The van der Waals surface area contributed by atoms with Crippen molar-refractivity contribution in [3.05, 3.63) is 0 Å². The summed E-state index contributed by atoms with van der Waals surface area (Å²) in [5.74, 6) is 0.